The number of nitrogens with zero attached hydrogens (tertiary/aromatic N) is 1. The van der Waals surface area contributed by atoms with Crippen molar-refractivity contribution >= 4 is 17.0 Å². The number of hydrogen-bond acceptors (Lipinski definition) is 3. The zero-order chi connectivity index (χ0) is 13.8. The van der Waals surface area contributed by atoms with Crippen molar-refractivity contribution in [2.24, 2.45) is 0 Å². The smallest absolute Gasteiger partial charge is 0.115 e. The summed E-state index contributed by atoms with van der Waals surface area (Å²) in [5.41, 5.74) is 3.59. The molecule has 0 aliphatic carbocycles. The molecule has 0 bridgehead atoms. The van der Waals surface area contributed by atoms with Crippen LogP contribution in [0, 0.1) is 0 Å². The second-order valence-corrected chi connectivity index (χ2v) is 5.61. The molecule has 20 heavy (non-hydrogen) atoms. The summed E-state index contributed by atoms with van der Waals surface area (Å²) in [4.78, 5) is 4.33. The molecule has 0 spiro atoms. The lowest BCUT2D eigenvalue weighted by Crippen LogP contribution is -2.05. The summed E-state index contributed by atoms with van der Waals surface area (Å²) in [5.74, 6) is 0. The first-order valence-electron chi connectivity index (χ1n) is 6.64. The molecule has 1 unspecified atom stereocenters. The van der Waals surface area contributed by atoms with Crippen molar-refractivity contribution in [2.75, 3.05) is 5.32 Å². The Bertz CT molecular complexity index is 645. The molecule has 0 saturated heterocycles. The minimum Gasteiger partial charge on any atom is -0.376 e. The summed E-state index contributed by atoms with van der Waals surface area (Å²) >= 11 is 1.68. The largest absolute Gasteiger partial charge is 0.376 e. The number of anilines is 1. The molecule has 3 aromatic rings. The number of hydrogen-bond donors (Lipinski definition) is 1. The topological polar surface area (TPSA) is 24.9 Å². The molecule has 0 amide bonds. The summed E-state index contributed by atoms with van der Waals surface area (Å²) in [6.07, 6.45) is 1.84. The van der Waals surface area contributed by atoms with Crippen LogP contribution in [0.2, 0.25) is 0 Å². The molecule has 0 aliphatic heterocycles. The predicted octanol–water partition coefficient (Wildman–Crippen LogP) is 4.98. The molecule has 0 fully saturated rings. The van der Waals surface area contributed by atoms with E-state index in [0.29, 0.717) is 0 Å². The van der Waals surface area contributed by atoms with Crippen molar-refractivity contribution in [3.63, 3.8) is 0 Å². The second-order valence-electron chi connectivity index (χ2n) is 4.68. The minimum atomic E-state index is 0.234. The Kier molecular flexibility index (Phi) is 3.79. The Hall–Kier alpha value is -2.13. The van der Waals surface area contributed by atoms with Crippen LogP contribution in [-0.4, -0.2) is 4.98 Å². The van der Waals surface area contributed by atoms with E-state index in [2.05, 4.69) is 65.8 Å². The van der Waals surface area contributed by atoms with Crippen LogP contribution in [0.25, 0.3) is 11.1 Å². The first-order chi connectivity index (χ1) is 9.83. The third kappa shape index (κ3) is 2.89. The van der Waals surface area contributed by atoms with Gasteiger partial charge in [-0.15, -0.1) is 11.3 Å². The van der Waals surface area contributed by atoms with Crippen molar-refractivity contribution in [1.82, 2.24) is 4.98 Å². The highest BCUT2D eigenvalue weighted by molar-refractivity contribution is 7.09. The van der Waals surface area contributed by atoms with E-state index >= 15 is 0 Å². The molecule has 3 rings (SSSR count). The van der Waals surface area contributed by atoms with Crippen LogP contribution in [0.5, 0.6) is 0 Å². The van der Waals surface area contributed by atoms with Gasteiger partial charge in [-0.05, 0) is 30.2 Å². The van der Waals surface area contributed by atoms with Crippen molar-refractivity contribution < 1.29 is 0 Å². The van der Waals surface area contributed by atoms with Gasteiger partial charge in [-0.3, -0.25) is 0 Å². The molecule has 1 heterocycles. The van der Waals surface area contributed by atoms with Gasteiger partial charge in [0, 0.05) is 17.3 Å². The number of rotatable bonds is 4. The lowest BCUT2D eigenvalue weighted by molar-refractivity contribution is 0.870. The SMILES string of the molecule is CC(Nc1ccc(-c2ccccc2)cc1)c1nccs1. The van der Waals surface area contributed by atoms with Gasteiger partial charge in [-0.25, -0.2) is 4.98 Å². The summed E-state index contributed by atoms with van der Waals surface area (Å²) in [7, 11) is 0. The number of nitrogens with one attached hydrogen (secondary N) is 1. The van der Waals surface area contributed by atoms with E-state index in [1.54, 1.807) is 11.3 Å². The molecule has 1 atom stereocenters. The maximum Gasteiger partial charge on any atom is 0.115 e. The highest BCUT2D eigenvalue weighted by Crippen LogP contribution is 2.24. The number of aromatic nitrogens is 1. The molecule has 2 nitrogen and oxygen atoms in total. The van der Waals surface area contributed by atoms with Gasteiger partial charge in [0.25, 0.3) is 0 Å². The van der Waals surface area contributed by atoms with Gasteiger partial charge in [-0.2, -0.15) is 0 Å². The minimum absolute atomic E-state index is 0.234. The van der Waals surface area contributed by atoms with Crippen LogP contribution in [0.3, 0.4) is 0 Å². The summed E-state index contributed by atoms with van der Waals surface area (Å²) in [6.45, 7) is 2.13. The Morgan fingerprint density at radius 3 is 2.30 bits per heavy atom. The fourth-order valence-electron chi connectivity index (χ4n) is 2.15. The van der Waals surface area contributed by atoms with Gasteiger partial charge in [0.1, 0.15) is 5.01 Å². The molecule has 1 aromatic heterocycles. The van der Waals surface area contributed by atoms with E-state index in [4.69, 9.17) is 0 Å². The third-order valence-corrected chi connectivity index (χ3v) is 4.16. The summed E-state index contributed by atoms with van der Waals surface area (Å²) in [6, 6.07) is 19.2. The molecular formula is C17H16N2S. The highest BCUT2D eigenvalue weighted by Gasteiger charge is 2.07. The van der Waals surface area contributed by atoms with Crippen molar-refractivity contribution in [1.29, 1.82) is 0 Å². The fraction of sp³-hybridized carbons (Fsp3) is 0.118. The van der Waals surface area contributed by atoms with Gasteiger partial charge in [-0.1, -0.05) is 42.5 Å². The van der Waals surface area contributed by atoms with Crippen LogP contribution in [-0.2, 0) is 0 Å². The average molecular weight is 280 g/mol. The van der Waals surface area contributed by atoms with E-state index < -0.39 is 0 Å². The molecular weight excluding hydrogens is 264 g/mol. The maximum atomic E-state index is 4.33. The van der Waals surface area contributed by atoms with Crippen LogP contribution in [0.1, 0.15) is 18.0 Å². The zero-order valence-corrected chi connectivity index (χ0v) is 12.1. The van der Waals surface area contributed by atoms with Gasteiger partial charge >= 0.3 is 0 Å². The molecule has 2 aromatic carbocycles. The molecule has 0 radical (unpaired) electrons. The molecule has 3 heteroatoms. The molecule has 100 valence electrons. The summed E-state index contributed by atoms with van der Waals surface area (Å²) in [5, 5.41) is 6.59. The van der Waals surface area contributed by atoms with E-state index in [9.17, 15) is 0 Å². The van der Waals surface area contributed by atoms with Gasteiger partial charge < -0.3 is 5.32 Å². The van der Waals surface area contributed by atoms with Gasteiger partial charge in [0.2, 0.25) is 0 Å². The van der Waals surface area contributed by atoms with E-state index in [1.807, 2.05) is 17.6 Å². The van der Waals surface area contributed by atoms with Gasteiger partial charge in [0.05, 0.1) is 6.04 Å². The first-order valence-corrected chi connectivity index (χ1v) is 7.52. The second kappa shape index (κ2) is 5.88. The van der Waals surface area contributed by atoms with E-state index in [0.717, 1.165) is 10.7 Å². The highest BCUT2D eigenvalue weighted by atomic mass is 32.1. The quantitative estimate of drug-likeness (QED) is 0.728. The fourth-order valence-corrected chi connectivity index (χ4v) is 2.80. The Balaban J connectivity index is 1.74. The van der Waals surface area contributed by atoms with E-state index in [1.165, 1.54) is 11.1 Å². The van der Waals surface area contributed by atoms with Gasteiger partial charge in [0.15, 0.2) is 0 Å². The van der Waals surface area contributed by atoms with Crippen LogP contribution in [0.4, 0.5) is 5.69 Å². The maximum absolute atomic E-state index is 4.33. The standard InChI is InChI=1S/C17H16N2S/c1-13(17-18-11-12-20-17)19-16-9-7-15(8-10-16)14-5-3-2-4-6-14/h2-13,19H,1H3. The predicted molar refractivity (Wildman–Crippen MR) is 86.0 cm³/mol. The first kappa shape index (κ1) is 12.9. The lowest BCUT2D eigenvalue weighted by Gasteiger charge is -2.13. The van der Waals surface area contributed by atoms with Crippen molar-refractivity contribution in [3.05, 3.63) is 71.2 Å². The monoisotopic (exact) mass is 280 g/mol. The van der Waals surface area contributed by atoms with Crippen LogP contribution >= 0.6 is 11.3 Å². The number of benzene rings is 2. The molecule has 0 saturated carbocycles. The van der Waals surface area contributed by atoms with Crippen molar-refractivity contribution in [2.45, 2.75) is 13.0 Å². The van der Waals surface area contributed by atoms with Crippen LogP contribution < -0.4 is 5.32 Å². The summed E-state index contributed by atoms with van der Waals surface area (Å²) < 4.78 is 0. The Labute approximate surface area is 123 Å². The zero-order valence-electron chi connectivity index (χ0n) is 11.3. The van der Waals surface area contributed by atoms with E-state index in [-0.39, 0.29) is 6.04 Å². The molecule has 1 N–H and O–H groups in total. The average Bonchev–Trinajstić information content (AvgIpc) is 3.03. The Morgan fingerprint density at radius 1 is 0.950 bits per heavy atom. The van der Waals surface area contributed by atoms with Crippen molar-refractivity contribution in [3.8, 4) is 11.1 Å². The Morgan fingerprint density at radius 2 is 1.65 bits per heavy atom. The molecule has 0 aliphatic rings. The third-order valence-electron chi connectivity index (χ3n) is 3.20. The normalized spacial score (nSPS) is 12.1. The number of thiazole rings is 1. The van der Waals surface area contributed by atoms with Crippen LogP contribution in [0.15, 0.2) is 66.2 Å². The lowest BCUT2D eigenvalue weighted by atomic mass is 10.1.